The minimum Gasteiger partial charge on any atom is -0.381 e. The van der Waals surface area contributed by atoms with Crippen LogP contribution in [0.15, 0.2) is 6.20 Å². The van der Waals surface area contributed by atoms with E-state index in [1.807, 2.05) is 25.0 Å². The van der Waals surface area contributed by atoms with Crippen LogP contribution >= 0.6 is 0 Å². The average Bonchev–Trinajstić information content (AvgIpc) is 2.85. The van der Waals surface area contributed by atoms with Crippen LogP contribution in [0.25, 0.3) is 0 Å². The molecular formula is C10H18N4O. The van der Waals surface area contributed by atoms with Gasteiger partial charge in [-0.1, -0.05) is 5.21 Å². The zero-order valence-electron chi connectivity index (χ0n) is 9.31. The fraction of sp³-hybridized carbons (Fsp3) is 0.800. The fourth-order valence-electron chi connectivity index (χ4n) is 2.10. The molecule has 1 aliphatic rings. The summed E-state index contributed by atoms with van der Waals surface area (Å²) in [5, 5.41) is 11.2. The van der Waals surface area contributed by atoms with Gasteiger partial charge in [0.1, 0.15) is 0 Å². The van der Waals surface area contributed by atoms with Gasteiger partial charge in [-0.3, -0.25) is 4.68 Å². The van der Waals surface area contributed by atoms with Crippen molar-refractivity contribution in [3.05, 3.63) is 11.9 Å². The van der Waals surface area contributed by atoms with Crippen LogP contribution in [-0.4, -0.2) is 35.3 Å². The topological polar surface area (TPSA) is 52.0 Å². The lowest BCUT2D eigenvalue weighted by Crippen LogP contribution is -2.22. The van der Waals surface area contributed by atoms with Gasteiger partial charge in [0.15, 0.2) is 0 Å². The predicted molar refractivity (Wildman–Crippen MR) is 56.3 cm³/mol. The number of ether oxygens (including phenoxy) is 1. The van der Waals surface area contributed by atoms with Crippen molar-refractivity contribution in [2.75, 3.05) is 20.3 Å². The van der Waals surface area contributed by atoms with Gasteiger partial charge < -0.3 is 10.1 Å². The highest BCUT2D eigenvalue weighted by Crippen LogP contribution is 2.25. The number of aromatic nitrogens is 3. The van der Waals surface area contributed by atoms with Crippen molar-refractivity contribution in [1.29, 1.82) is 0 Å². The molecule has 1 saturated heterocycles. The lowest BCUT2D eigenvalue weighted by Gasteiger charge is -2.18. The van der Waals surface area contributed by atoms with Crippen molar-refractivity contribution in [3.8, 4) is 0 Å². The third kappa shape index (κ3) is 2.35. The van der Waals surface area contributed by atoms with E-state index < -0.39 is 0 Å². The highest BCUT2D eigenvalue weighted by atomic mass is 16.5. The molecule has 0 aliphatic carbocycles. The van der Waals surface area contributed by atoms with Crippen molar-refractivity contribution in [2.45, 2.75) is 18.9 Å². The molecule has 15 heavy (non-hydrogen) atoms. The lowest BCUT2D eigenvalue weighted by molar-refractivity contribution is 0.181. The first-order chi connectivity index (χ1) is 7.31. The zero-order chi connectivity index (χ0) is 10.7. The highest BCUT2D eigenvalue weighted by molar-refractivity contribution is 5.02. The number of rotatable bonds is 4. The second-order valence-corrected chi connectivity index (χ2v) is 4.09. The van der Waals surface area contributed by atoms with Gasteiger partial charge in [0, 0.05) is 20.3 Å². The van der Waals surface area contributed by atoms with Crippen LogP contribution in [0.2, 0.25) is 0 Å². The zero-order valence-corrected chi connectivity index (χ0v) is 9.31. The fourth-order valence-corrected chi connectivity index (χ4v) is 2.10. The number of hydrogen-bond acceptors (Lipinski definition) is 4. The number of aryl methyl sites for hydroxylation is 1. The van der Waals surface area contributed by atoms with Crippen molar-refractivity contribution in [2.24, 2.45) is 13.0 Å². The summed E-state index contributed by atoms with van der Waals surface area (Å²) in [4.78, 5) is 0. The third-order valence-corrected chi connectivity index (χ3v) is 3.05. The molecule has 1 aliphatic heterocycles. The van der Waals surface area contributed by atoms with Gasteiger partial charge in [-0.25, -0.2) is 0 Å². The maximum absolute atomic E-state index is 5.38. The molecule has 1 N–H and O–H groups in total. The Labute approximate surface area is 89.8 Å². The number of nitrogens with one attached hydrogen (secondary N) is 1. The highest BCUT2D eigenvalue weighted by Gasteiger charge is 2.22. The van der Waals surface area contributed by atoms with Crippen molar-refractivity contribution in [1.82, 2.24) is 20.3 Å². The molecule has 0 bridgehead atoms. The summed E-state index contributed by atoms with van der Waals surface area (Å²) in [5.74, 6) is 0.664. The van der Waals surface area contributed by atoms with Gasteiger partial charge in [0.25, 0.3) is 0 Å². The summed E-state index contributed by atoms with van der Waals surface area (Å²) in [6.45, 7) is 1.80. The van der Waals surface area contributed by atoms with E-state index in [4.69, 9.17) is 4.74 Å². The van der Waals surface area contributed by atoms with Gasteiger partial charge >= 0.3 is 0 Å². The Morgan fingerprint density at radius 3 is 3.13 bits per heavy atom. The maximum atomic E-state index is 5.38. The van der Waals surface area contributed by atoms with Crippen LogP contribution < -0.4 is 5.32 Å². The molecule has 0 aromatic carbocycles. The molecule has 0 radical (unpaired) electrons. The normalized spacial score (nSPS) is 23.2. The lowest BCUT2D eigenvalue weighted by atomic mass is 9.97. The van der Waals surface area contributed by atoms with Crippen molar-refractivity contribution >= 4 is 0 Å². The van der Waals surface area contributed by atoms with Crippen LogP contribution in [0.4, 0.5) is 0 Å². The first kappa shape index (κ1) is 10.6. The van der Waals surface area contributed by atoms with Crippen LogP contribution in [0.1, 0.15) is 24.6 Å². The molecule has 2 unspecified atom stereocenters. The van der Waals surface area contributed by atoms with Crippen molar-refractivity contribution < 1.29 is 4.74 Å². The van der Waals surface area contributed by atoms with Gasteiger partial charge in [-0.15, -0.1) is 5.10 Å². The Morgan fingerprint density at radius 1 is 1.73 bits per heavy atom. The predicted octanol–water partition coefficient (Wildman–Crippen LogP) is 0.502. The first-order valence-electron chi connectivity index (χ1n) is 5.41. The minimum absolute atomic E-state index is 0.330. The van der Waals surface area contributed by atoms with E-state index in [9.17, 15) is 0 Å². The van der Waals surface area contributed by atoms with Crippen LogP contribution in [0, 0.1) is 5.92 Å². The van der Waals surface area contributed by atoms with E-state index in [0.29, 0.717) is 12.0 Å². The van der Waals surface area contributed by atoms with Crippen LogP contribution in [0.5, 0.6) is 0 Å². The largest absolute Gasteiger partial charge is 0.381 e. The molecule has 2 atom stereocenters. The molecule has 0 spiro atoms. The summed E-state index contributed by atoms with van der Waals surface area (Å²) in [6, 6.07) is 0.330. The van der Waals surface area contributed by atoms with E-state index >= 15 is 0 Å². The smallest absolute Gasteiger partial charge is 0.0753 e. The molecule has 5 heteroatoms. The van der Waals surface area contributed by atoms with E-state index in [-0.39, 0.29) is 0 Å². The maximum Gasteiger partial charge on any atom is 0.0753 e. The summed E-state index contributed by atoms with van der Waals surface area (Å²) < 4.78 is 7.21. The first-order valence-corrected chi connectivity index (χ1v) is 5.41. The Balaban J connectivity index is 2.00. The molecule has 2 heterocycles. The molecule has 0 saturated carbocycles. The third-order valence-electron chi connectivity index (χ3n) is 3.05. The molecule has 5 nitrogen and oxygen atoms in total. The van der Waals surface area contributed by atoms with Crippen LogP contribution in [-0.2, 0) is 11.8 Å². The SMILES string of the molecule is CNC(CC1CCOC1)c1cnnn1C. The quantitative estimate of drug-likeness (QED) is 0.786. The van der Waals surface area contributed by atoms with Crippen molar-refractivity contribution in [3.63, 3.8) is 0 Å². The standard InChI is InChI=1S/C10H18N4O/c1-11-9(5-8-3-4-15-7-8)10-6-12-13-14(10)2/h6,8-9,11H,3-5,7H2,1-2H3. The number of nitrogens with zero attached hydrogens (tertiary/aromatic N) is 3. The van der Waals surface area contributed by atoms with Gasteiger partial charge in [-0.05, 0) is 25.8 Å². The summed E-state index contributed by atoms with van der Waals surface area (Å²) in [7, 11) is 3.91. The molecule has 1 aromatic heterocycles. The Kier molecular flexibility index (Phi) is 3.33. The van der Waals surface area contributed by atoms with E-state index in [0.717, 1.165) is 25.3 Å². The average molecular weight is 210 g/mol. The van der Waals surface area contributed by atoms with Crippen LogP contribution in [0.3, 0.4) is 0 Å². The Hall–Kier alpha value is -0.940. The second kappa shape index (κ2) is 4.72. The van der Waals surface area contributed by atoms with E-state index in [1.54, 1.807) is 0 Å². The molecule has 2 rings (SSSR count). The van der Waals surface area contributed by atoms with E-state index in [2.05, 4.69) is 15.6 Å². The molecular weight excluding hydrogens is 192 g/mol. The molecule has 1 fully saturated rings. The Morgan fingerprint density at radius 2 is 2.60 bits per heavy atom. The summed E-state index contributed by atoms with van der Waals surface area (Å²) in [6.07, 6.45) is 4.10. The second-order valence-electron chi connectivity index (χ2n) is 4.09. The monoisotopic (exact) mass is 210 g/mol. The molecule has 84 valence electrons. The number of hydrogen-bond donors (Lipinski definition) is 1. The Bertz CT molecular complexity index is 306. The molecule has 1 aromatic rings. The summed E-state index contributed by atoms with van der Waals surface area (Å²) in [5.41, 5.74) is 1.14. The van der Waals surface area contributed by atoms with Gasteiger partial charge in [0.2, 0.25) is 0 Å². The van der Waals surface area contributed by atoms with Gasteiger partial charge in [0.05, 0.1) is 17.9 Å². The molecule has 0 amide bonds. The van der Waals surface area contributed by atoms with Gasteiger partial charge in [-0.2, -0.15) is 0 Å². The minimum atomic E-state index is 0.330. The van der Waals surface area contributed by atoms with E-state index in [1.165, 1.54) is 6.42 Å². The summed E-state index contributed by atoms with van der Waals surface area (Å²) >= 11 is 0.